The molecule has 2 unspecified atom stereocenters. The van der Waals surface area contributed by atoms with Crippen LogP contribution in [-0.4, -0.2) is 46.9 Å². The molecule has 26 heavy (non-hydrogen) atoms. The average Bonchev–Trinajstić information content (AvgIpc) is 2.53. The van der Waals surface area contributed by atoms with E-state index in [1.807, 2.05) is 45.9 Å². The Bertz CT molecular complexity index is 669. The fraction of sp³-hybridized carbons (Fsp3) is 0.526. The second-order valence-electron chi connectivity index (χ2n) is 6.44. The van der Waals surface area contributed by atoms with Crippen molar-refractivity contribution in [2.75, 3.05) is 18.2 Å². The number of hydrogen-bond acceptors (Lipinski definition) is 6. The zero-order chi connectivity index (χ0) is 19.4. The van der Waals surface area contributed by atoms with Gasteiger partial charge in [0.25, 0.3) is 0 Å². The molecular weight excluding hydrogens is 334 g/mol. The van der Waals surface area contributed by atoms with Gasteiger partial charge in [-0.15, -0.1) is 0 Å². The molecule has 7 heteroatoms. The highest BCUT2D eigenvalue weighted by molar-refractivity contribution is 5.95. The Labute approximate surface area is 154 Å². The molecule has 1 amide bonds. The summed E-state index contributed by atoms with van der Waals surface area (Å²) in [4.78, 5) is 15.7. The van der Waals surface area contributed by atoms with Gasteiger partial charge in [-0.25, -0.2) is 5.32 Å². The Hall–Kier alpha value is -1.93. The van der Waals surface area contributed by atoms with Crippen LogP contribution in [0.1, 0.15) is 38.3 Å². The van der Waals surface area contributed by atoms with E-state index in [0.29, 0.717) is 30.1 Å². The van der Waals surface area contributed by atoms with Crippen molar-refractivity contribution in [1.29, 1.82) is 0 Å². The Balaban J connectivity index is 2.64. The molecule has 0 bridgehead atoms. The number of aliphatic hydroxyl groups excluding tert-OH is 2. The Kier molecular flexibility index (Phi) is 6.77. The molecule has 0 fully saturated rings. The fourth-order valence-corrected chi connectivity index (χ4v) is 3.23. The third-order valence-corrected chi connectivity index (χ3v) is 4.30. The predicted octanol–water partition coefficient (Wildman–Crippen LogP) is 1.77. The standard InChI is InChI=1S/C19H29N3O4/c1-6-16-17(24)20-19(25)21(11-26-7-2)18(16)22(14(5)23)15-9-12(3)8-13(4)10-15/h8-10,17,19-20,24-25H,6-7,11H2,1-5H3. The molecule has 1 aromatic carbocycles. The Morgan fingerprint density at radius 3 is 2.35 bits per heavy atom. The van der Waals surface area contributed by atoms with Crippen molar-refractivity contribution < 1.29 is 19.7 Å². The summed E-state index contributed by atoms with van der Waals surface area (Å²) in [6, 6.07) is 5.85. The first kappa shape index (κ1) is 20.4. The van der Waals surface area contributed by atoms with Crippen LogP contribution >= 0.6 is 0 Å². The van der Waals surface area contributed by atoms with E-state index in [2.05, 4.69) is 5.32 Å². The molecular formula is C19H29N3O4. The lowest BCUT2D eigenvalue weighted by Crippen LogP contribution is -2.59. The number of rotatable bonds is 6. The van der Waals surface area contributed by atoms with E-state index in [9.17, 15) is 15.0 Å². The van der Waals surface area contributed by atoms with Crippen LogP contribution in [0, 0.1) is 13.8 Å². The summed E-state index contributed by atoms with van der Waals surface area (Å²) in [5.41, 5.74) is 3.36. The maximum Gasteiger partial charge on any atom is 0.229 e. The number of carbonyl (C=O) groups excluding carboxylic acids is 1. The summed E-state index contributed by atoms with van der Waals surface area (Å²) in [6.45, 7) is 9.71. The third kappa shape index (κ3) is 4.24. The van der Waals surface area contributed by atoms with Crippen LogP contribution in [0.2, 0.25) is 0 Å². The molecule has 0 aliphatic carbocycles. The molecule has 0 radical (unpaired) electrons. The fourth-order valence-electron chi connectivity index (χ4n) is 3.23. The molecule has 7 nitrogen and oxygen atoms in total. The second-order valence-corrected chi connectivity index (χ2v) is 6.44. The Morgan fingerprint density at radius 1 is 1.23 bits per heavy atom. The van der Waals surface area contributed by atoms with Gasteiger partial charge in [0.05, 0.1) is 5.69 Å². The maximum absolute atomic E-state index is 12.6. The van der Waals surface area contributed by atoms with Crippen molar-refractivity contribution in [3.05, 3.63) is 40.7 Å². The maximum atomic E-state index is 12.6. The molecule has 3 N–H and O–H groups in total. The van der Waals surface area contributed by atoms with Gasteiger partial charge in [-0.05, 0) is 50.5 Å². The van der Waals surface area contributed by atoms with Crippen molar-refractivity contribution >= 4 is 11.6 Å². The van der Waals surface area contributed by atoms with E-state index >= 15 is 0 Å². The van der Waals surface area contributed by atoms with E-state index in [1.165, 1.54) is 11.8 Å². The van der Waals surface area contributed by atoms with Crippen LogP contribution in [-0.2, 0) is 9.53 Å². The monoisotopic (exact) mass is 363 g/mol. The van der Waals surface area contributed by atoms with E-state index < -0.39 is 12.6 Å². The van der Waals surface area contributed by atoms with Crippen molar-refractivity contribution in [3.63, 3.8) is 0 Å². The summed E-state index contributed by atoms with van der Waals surface area (Å²) >= 11 is 0. The van der Waals surface area contributed by atoms with E-state index in [1.54, 1.807) is 4.90 Å². The topological polar surface area (TPSA) is 85.3 Å². The average molecular weight is 363 g/mol. The summed E-state index contributed by atoms with van der Waals surface area (Å²) in [5.74, 6) is 0.246. The molecule has 1 aromatic rings. The number of ether oxygens (including phenoxy) is 1. The van der Waals surface area contributed by atoms with Gasteiger partial charge in [0.2, 0.25) is 5.91 Å². The predicted molar refractivity (Wildman–Crippen MR) is 99.9 cm³/mol. The lowest BCUT2D eigenvalue weighted by atomic mass is 10.1. The second kappa shape index (κ2) is 8.64. The first-order chi connectivity index (χ1) is 12.3. The number of nitrogens with one attached hydrogen (secondary N) is 1. The number of carbonyl (C=O) groups is 1. The first-order valence-corrected chi connectivity index (χ1v) is 8.88. The van der Waals surface area contributed by atoms with Crippen molar-refractivity contribution in [1.82, 2.24) is 10.2 Å². The van der Waals surface area contributed by atoms with Gasteiger partial charge in [0.15, 0.2) is 6.35 Å². The zero-order valence-corrected chi connectivity index (χ0v) is 16.1. The van der Waals surface area contributed by atoms with Crippen LogP contribution in [0.25, 0.3) is 0 Å². The normalized spacial score (nSPS) is 20.5. The lowest BCUT2D eigenvalue weighted by molar-refractivity contribution is -0.119. The van der Waals surface area contributed by atoms with Gasteiger partial charge in [-0.3, -0.25) is 14.6 Å². The molecule has 0 aromatic heterocycles. The molecule has 0 spiro atoms. The van der Waals surface area contributed by atoms with Crippen LogP contribution in [0.5, 0.6) is 0 Å². The molecule has 1 aliphatic rings. The number of anilines is 1. The number of aliphatic hydroxyl groups is 2. The van der Waals surface area contributed by atoms with Crippen LogP contribution in [0.15, 0.2) is 29.6 Å². The molecule has 1 heterocycles. The number of aryl methyl sites for hydroxylation is 2. The molecule has 0 saturated carbocycles. The van der Waals surface area contributed by atoms with E-state index in [4.69, 9.17) is 4.74 Å². The minimum absolute atomic E-state index is 0.0881. The van der Waals surface area contributed by atoms with E-state index in [-0.39, 0.29) is 12.6 Å². The highest BCUT2D eigenvalue weighted by atomic mass is 16.5. The summed E-state index contributed by atoms with van der Waals surface area (Å²) in [7, 11) is 0. The molecule has 0 saturated heterocycles. The highest BCUT2D eigenvalue weighted by Crippen LogP contribution is 2.31. The molecule has 1 aliphatic heterocycles. The smallest absolute Gasteiger partial charge is 0.229 e. The molecule has 2 rings (SSSR count). The number of benzene rings is 1. The van der Waals surface area contributed by atoms with Crippen LogP contribution in [0.4, 0.5) is 5.69 Å². The summed E-state index contributed by atoms with van der Waals surface area (Å²) in [6.07, 6.45) is -1.71. The zero-order valence-electron chi connectivity index (χ0n) is 16.1. The number of nitrogens with zero attached hydrogens (tertiary/aromatic N) is 2. The summed E-state index contributed by atoms with van der Waals surface area (Å²) < 4.78 is 5.49. The third-order valence-electron chi connectivity index (χ3n) is 4.30. The van der Waals surface area contributed by atoms with Crippen molar-refractivity contribution in [3.8, 4) is 0 Å². The van der Waals surface area contributed by atoms with Crippen LogP contribution in [0.3, 0.4) is 0 Å². The van der Waals surface area contributed by atoms with E-state index in [0.717, 1.165) is 11.1 Å². The number of amides is 1. The highest BCUT2D eigenvalue weighted by Gasteiger charge is 2.36. The SMILES string of the molecule is CCOCN1C(N(C(C)=O)c2cc(C)cc(C)c2)=C(CC)C(O)NC1O. The van der Waals surface area contributed by atoms with Gasteiger partial charge in [-0.2, -0.15) is 0 Å². The van der Waals surface area contributed by atoms with Gasteiger partial charge in [0, 0.05) is 19.1 Å². The van der Waals surface area contributed by atoms with Gasteiger partial charge < -0.3 is 14.9 Å². The quantitative estimate of drug-likeness (QED) is 0.714. The minimum Gasteiger partial charge on any atom is -0.374 e. The van der Waals surface area contributed by atoms with Gasteiger partial charge in [-0.1, -0.05) is 13.0 Å². The summed E-state index contributed by atoms with van der Waals surface area (Å²) in [5, 5.41) is 23.5. The van der Waals surface area contributed by atoms with Crippen LogP contribution < -0.4 is 10.2 Å². The van der Waals surface area contributed by atoms with Crippen molar-refractivity contribution in [2.45, 2.75) is 53.6 Å². The number of hydrogen-bond donors (Lipinski definition) is 3. The largest absolute Gasteiger partial charge is 0.374 e. The van der Waals surface area contributed by atoms with Gasteiger partial charge >= 0.3 is 0 Å². The Morgan fingerprint density at radius 2 is 1.85 bits per heavy atom. The minimum atomic E-state index is -1.17. The molecule has 144 valence electrons. The van der Waals surface area contributed by atoms with Gasteiger partial charge in [0.1, 0.15) is 18.8 Å². The molecule has 2 atom stereocenters. The van der Waals surface area contributed by atoms with Crippen molar-refractivity contribution in [2.24, 2.45) is 0 Å². The first-order valence-electron chi connectivity index (χ1n) is 8.88. The lowest BCUT2D eigenvalue weighted by Gasteiger charge is -2.43.